The van der Waals surface area contributed by atoms with E-state index in [1.807, 2.05) is 0 Å². The third-order valence-corrected chi connectivity index (χ3v) is 28.8. The Morgan fingerprint density at radius 2 is 0.293 bits per heavy atom. The van der Waals surface area contributed by atoms with E-state index in [2.05, 4.69) is 371 Å². The van der Waals surface area contributed by atoms with Crippen LogP contribution in [-0.4, -0.2) is 39.6 Å². The maximum atomic E-state index is 8.10. The molecule has 0 unspecified atom stereocenters. The molecule has 8 nitrogen and oxygen atoms in total. The van der Waals surface area contributed by atoms with E-state index in [0.717, 1.165) is 179 Å². The summed E-state index contributed by atoms with van der Waals surface area (Å²) in [6.07, 6.45) is 16.9. The Balaban J connectivity index is 1.18. The predicted molar refractivity (Wildman–Crippen MR) is 596 cm³/mol. The topological polar surface area (TPSA) is 73.8 Å². The molecule has 140 heavy (non-hydrogen) atoms. The highest BCUT2D eigenvalue weighted by molar-refractivity contribution is 5.64. The summed E-state index contributed by atoms with van der Waals surface area (Å²) in [5, 5.41) is 0. The molecule has 0 N–H and O–H groups in total. The largest absolute Gasteiger partial charge is 0.493 e. The van der Waals surface area contributed by atoms with Crippen molar-refractivity contribution in [2.75, 3.05) is 39.6 Å². The van der Waals surface area contributed by atoms with Gasteiger partial charge in [-0.05, 0) is 301 Å². The zero-order valence-corrected chi connectivity index (χ0v) is 95.1. The number of hydrogen-bond donors (Lipinski definition) is 0. The highest BCUT2D eigenvalue weighted by Gasteiger charge is 2.35. The lowest BCUT2D eigenvalue weighted by Gasteiger charge is -2.29. The molecule has 9 aromatic rings. The van der Waals surface area contributed by atoms with Gasteiger partial charge in [0.15, 0.2) is 0 Å². The van der Waals surface area contributed by atoms with Crippen molar-refractivity contribution in [3.8, 4) is 46.0 Å². The highest BCUT2D eigenvalue weighted by atomic mass is 16.5. The van der Waals surface area contributed by atoms with Gasteiger partial charge in [-0.2, -0.15) is 0 Å². The van der Waals surface area contributed by atoms with Crippen LogP contribution in [0, 0.1) is 35.5 Å². The average molecular weight is 1900 g/mol. The van der Waals surface area contributed by atoms with E-state index in [1.165, 1.54) is 89.0 Å². The minimum absolute atomic E-state index is 0.173. The molecular formula is C132H190O8. The standard InChI is InChI=1S/C132H190O8/c1-85(2)45-39-53-133-117-93-59-97-71-111(127(19,20)21)75-101(119(97)135-55-41-47-87(5)6)63-105-79-115(131(31,32)33)80-106(64-102-76-112(128(22,23)24)72-98(120(102)136-56-42-48-88(7)8)60-94(117)68-109(67-93)125(13,14)15)123(105)139-83-91-51-37-38-52-92(91)84-140-124-107-65-103-77-113(129(25,26)27)73-99(121(103)137-57-43-49-89(9)10)61-95-69-110(126(16,17)18)70-96(118(95)134-54-40-46-86(3)4)62-100-74-114(130(28,29)30)78-104(122(100)138-58-44-50-90(11)12)66-108(124)82-116(81-107)132(34,35)36/h37-38,51-52,67-82,85-90H,39-50,53-66,83-84H2,1-36H3. The van der Waals surface area contributed by atoms with Crippen LogP contribution in [0.1, 0.15) is 471 Å². The third kappa shape index (κ3) is 31.0. The Morgan fingerprint density at radius 1 is 0.179 bits per heavy atom. The normalized spacial score (nSPS) is 13.7. The first kappa shape index (κ1) is 112. The van der Waals surface area contributed by atoms with E-state index in [1.54, 1.807) is 0 Å². The number of rotatable bonds is 36. The summed E-state index contributed by atoms with van der Waals surface area (Å²) in [6, 6.07) is 48.8. The molecular weight excluding hydrogens is 1710 g/mol. The quantitative estimate of drug-likeness (QED) is 0.0360. The number of ether oxygens (including phenoxy) is 8. The van der Waals surface area contributed by atoms with Gasteiger partial charge in [0.2, 0.25) is 0 Å². The van der Waals surface area contributed by atoms with Crippen LogP contribution in [0.25, 0.3) is 0 Å². The summed E-state index contributed by atoms with van der Waals surface area (Å²) in [6.45, 7) is 89.2. The molecule has 0 atom stereocenters. The maximum absolute atomic E-state index is 8.10. The van der Waals surface area contributed by atoms with Crippen molar-refractivity contribution >= 4 is 0 Å². The van der Waals surface area contributed by atoms with E-state index in [-0.39, 0.29) is 56.5 Å². The van der Waals surface area contributed by atoms with Crippen LogP contribution in [0.5, 0.6) is 46.0 Å². The third-order valence-electron chi connectivity index (χ3n) is 28.8. The molecule has 0 aliphatic heterocycles. The summed E-state index contributed by atoms with van der Waals surface area (Å²) >= 11 is 0. The van der Waals surface area contributed by atoms with Gasteiger partial charge in [-0.15, -0.1) is 0 Å². The second-order valence-corrected chi connectivity index (χ2v) is 53.1. The van der Waals surface area contributed by atoms with Gasteiger partial charge in [0.05, 0.1) is 39.6 Å². The number of benzene rings is 9. The van der Waals surface area contributed by atoms with Gasteiger partial charge >= 0.3 is 0 Å². The van der Waals surface area contributed by atoms with Gasteiger partial charge in [-0.3, -0.25) is 0 Å². The lowest BCUT2D eigenvalue weighted by molar-refractivity contribution is 0.278. The van der Waals surface area contributed by atoms with Gasteiger partial charge in [-0.25, -0.2) is 0 Å². The van der Waals surface area contributed by atoms with Crippen molar-refractivity contribution in [2.24, 2.45) is 35.5 Å². The molecule has 0 aromatic heterocycles. The van der Waals surface area contributed by atoms with Crippen molar-refractivity contribution in [3.05, 3.63) is 266 Å². The second-order valence-electron chi connectivity index (χ2n) is 53.1. The van der Waals surface area contributed by atoms with Crippen LogP contribution >= 0.6 is 0 Å². The van der Waals surface area contributed by atoms with Crippen molar-refractivity contribution in [3.63, 3.8) is 0 Å². The first-order valence-electron chi connectivity index (χ1n) is 54.7. The molecule has 11 rings (SSSR count). The molecule has 0 heterocycles. The van der Waals surface area contributed by atoms with Gasteiger partial charge in [0.25, 0.3) is 0 Å². The van der Waals surface area contributed by atoms with E-state index < -0.39 is 0 Å². The van der Waals surface area contributed by atoms with Gasteiger partial charge in [0, 0.05) is 51.4 Å². The van der Waals surface area contributed by atoms with Crippen LogP contribution in [0.4, 0.5) is 0 Å². The number of fused-ring (bicyclic) bond motifs is 16. The molecule has 0 spiro atoms. The molecule has 16 bridgehead atoms. The minimum atomic E-state index is -0.250. The Kier molecular flexibility index (Phi) is 37.5. The Bertz CT molecular complexity index is 5010. The van der Waals surface area contributed by atoms with Crippen LogP contribution < -0.4 is 37.9 Å². The number of hydrogen-bond acceptors (Lipinski definition) is 8. The summed E-state index contributed by atoms with van der Waals surface area (Å²) < 4.78 is 61.5. The molecule has 2 aliphatic carbocycles. The molecule has 9 aromatic carbocycles. The van der Waals surface area contributed by atoms with E-state index in [9.17, 15) is 0 Å². The Morgan fingerprint density at radius 3 is 0.400 bits per heavy atom. The summed E-state index contributed by atoms with van der Waals surface area (Å²) in [7, 11) is 0. The van der Waals surface area contributed by atoms with Crippen LogP contribution in [0.2, 0.25) is 0 Å². The fraction of sp³-hybridized carbons (Fsp3) is 0.591. The molecule has 766 valence electrons. The summed E-state index contributed by atoms with van der Waals surface area (Å²) in [5.74, 6) is 10.9. The smallest absolute Gasteiger partial charge is 0.126 e. The van der Waals surface area contributed by atoms with Gasteiger partial charge in [0.1, 0.15) is 59.2 Å². The fourth-order valence-corrected chi connectivity index (χ4v) is 19.9. The SMILES string of the molecule is CC(C)CCCOc1c2cc(C(C)(C)C)cc1Cc1cc(C(C)(C)C)cc(c1OCCCC(C)C)Cc1cc(C(C)(C)C)cc(c1OCc1ccccc1COc1c3cc(C(C)(C)C)cc1Cc1cc(C(C)(C)C)cc(c1OCCCC(C)C)Cc1cc(C(C)(C)C)cc(c1OCCCC(C)C)Cc1cc(C(C)(C)C)cc(c1OCCCC(C)C)C3)Cc1cc(C(C)(C)C)cc(c1OCCCC(C)C)C2. The maximum Gasteiger partial charge on any atom is 0.126 e. The minimum Gasteiger partial charge on any atom is -0.493 e. The molecule has 0 saturated heterocycles. The average Bonchev–Trinajstić information content (AvgIpc) is 0.758. The predicted octanol–water partition coefficient (Wildman–Crippen LogP) is 35.5. The van der Waals surface area contributed by atoms with E-state index in [4.69, 9.17) is 37.9 Å². The van der Waals surface area contributed by atoms with Crippen LogP contribution in [0.15, 0.2) is 121 Å². The monoisotopic (exact) mass is 1900 g/mol. The fourth-order valence-electron chi connectivity index (χ4n) is 19.9. The molecule has 8 heteroatoms. The van der Waals surface area contributed by atoms with Crippen molar-refractivity contribution < 1.29 is 37.9 Å². The molecule has 0 saturated carbocycles. The zero-order chi connectivity index (χ0) is 103. The first-order valence-corrected chi connectivity index (χ1v) is 54.7. The van der Waals surface area contributed by atoms with E-state index in [0.29, 0.717) is 127 Å². The van der Waals surface area contributed by atoms with Crippen molar-refractivity contribution in [2.45, 2.75) is 434 Å². The van der Waals surface area contributed by atoms with Gasteiger partial charge in [-0.1, -0.05) is 371 Å². The lowest BCUT2D eigenvalue weighted by atomic mass is 9.79. The molecule has 2 aliphatic rings. The summed E-state index contributed by atoms with van der Waals surface area (Å²) in [5.41, 5.74) is 29.3. The van der Waals surface area contributed by atoms with E-state index >= 15 is 0 Å². The van der Waals surface area contributed by atoms with Crippen LogP contribution in [-0.2, 0) is 108 Å². The van der Waals surface area contributed by atoms with Gasteiger partial charge < -0.3 is 37.9 Å². The second kappa shape index (κ2) is 47.0. The molecule has 0 radical (unpaired) electrons. The molecule has 0 fully saturated rings. The lowest BCUT2D eigenvalue weighted by Crippen LogP contribution is -2.18. The van der Waals surface area contributed by atoms with Crippen LogP contribution in [0.3, 0.4) is 0 Å². The Labute approximate surface area is 853 Å². The molecule has 0 amide bonds. The van der Waals surface area contributed by atoms with Crippen molar-refractivity contribution in [1.29, 1.82) is 0 Å². The zero-order valence-electron chi connectivity index (χ0n) is 95.1. The Hall–Kier alpha value is -8.62. The highest BCUT2D eigenvalue weighted by Crippen LogP contribution is 2.50. The first-order chi connectivity index (χ1) is 65.3. The summed E-state index contributed by atoms with van der Waals surface area (Å²) in [4.78, 5) is 0. The van der Waals surface area contributed by atoms with Crippen molar-refractivity contribution in [1.82, 2.24) is 0 Å².